The summed E-state index contributed by atoms with van der Waals surface area (Å²) in [4.78, 5) is 0. The Bertz CT molecular complexity index is 442. The standard InChI is InChI=1S/C16H24ClNO2/c1-11-4-6-14(7-5-11)20-16-12(10-18-2)8-13(17)9-15(16)19-3/h8-9,11,14,18H,4-7,10H2,1-3H3. The van der Waals surface area contributed by atoms with Crippen LogP contribution in [0.5, 0.6) is 11.5 Å². The van der Waals surface area contributed by atoms with Crippen LogP contribution in [0.15, 0.2) is 12.1 Å². The molecule has 0 aliphatic heterocycles. The van der Waals surface area contributed by atoms with E-state index in [1.54, 1.807) is 7.11 Å². The molecule has 4 heteroatoms. The van der Waals surface area contributed by atoms with Crippen LogP contribution >= 0.6 is 11.6 Å². The smallest absolute Gasteiger partial charge is 0.166 e. The van der Waals surface area contributed by atoms with Crippen LogP contribution in [0.2, 0.25) is 5.02 Å². The summed E-state index contributed by atoms with van der Waals surface area (Å²) >= 11 is 6.14. The fourth-order valence-corrected chi connectivity index (χ4v) is 2.97. The molecule has 2 rings (SSSR count). The van der Waals surface area contributed by atoms with E-state index in [1.165, 1.54) is 12.8 Å². The Kier molecular flexibility index (Phi) is 5.55. The topological polar surface area (TPSA) is 30.5 Å². The quantitative estimate of drug-likeness (QED) is 0.890. The summed E-state index contributed by atoms with van der Waals surface area (Å²) in [6.45, 7) is 3.03. The molecule has 20 heavy (non-hydrogen) atoms. The monoisotopic (exact) mass is 297 g/mol. The molecule has 1 aromatic rings. The second-order valence-corrected chi connectivity index (χ2v) is 6.06. The van der Waals surface area contributed by atoms with E-state index in [0.717, 1.165) is 42.4 Å². The number of halogens is 1. The van der Waals surface area contributed by atoms with Crippen molar-refractivity contribution in [3.63, 3.8) is 0 Å². The van der Waals surface area contributed by atoms with Crippen molar-refractivity contribution in [2.75, 3.05) is 14.2 Å². The van der Waals surface area contributed by atoms with Crippen molar-refractivity contribution < 1.29 is 9.47 Å². The zero-order valence-corrected chi connectivity index (χ0v) is 13.3. The third-order valence-electron chi connectivity index (χ3n) is 3.93. The van der Waals surface area contributed by atoms with Gasteiger partial charge in [-0.3, -0.25) is 0 Å². The summed E-state index contributed by atoms with van der Waals surface area (Å²) in [7, 11) is 3.57. The maximum atomic E-state index is 6.24. The van der Waals surface area contributed by atoms with Crippen LogP contribution in [0.1, 0.15) is 38.2 Å². The lowest BCUT2D eigenvalue weighted by Crippen LogP contribution is -2.24. The highest BCUT2D eigenvalue weighted by molar-refractivity contribution is 6.30. The molecule has 1 aromatic carbocycles. The molecule has 1 N–H and O–H groups in total. The van der Waals surface area contributed by atoms with Gasteiger partial charge in [0.2, 0.25) is 0 Å². The third kappa shape index (κ3) is 3.80. The van der Waals surface area contributed by atoms with Gasteiger partial charge < -0.3 is 14.8 Å². The highest BCUT2D eigenvalue weighted by atomic mass is 35.5. The molecule has 0 unspecified atom stereocenters. The molecule has 1 fully saturated rings. The molecule has 0 heterocycles. The summed E-state index contributed by atoms with van der Waals surface area (Å²) in [5.74, 6) is 2.38. The summed E-state index contributed by atoms with van der Waals surface area (Å²) < 4.78 is 11.7. The zero-order chi connectivity index (χ0) is 14.5. The number of benzene rings is 1. The minimum absolute atomic E-state index is 0.289. The molecule has 112 valence electrons. The Labute approximate surface area is 126 Å². The van der Waals surface area contributed by atoms with Crippen molar-refractivity contribution in [1.29, 1.82) is 0 Å². The van der Waals surface area contributed by atoms with E-state index < -0.39 is 0 Å². The third-order valence-corrected chi connectivity index (χ3v) is 4.15. The lowest BCUT2D eigenvalue weighted by Gasteiger charge is -2.28. The average molecular weight is 298 g/mol. The van der Waals surface area contributed by atoms with Crippen LogP contribution < -0.4 is 14.8 Å². The number of methoxy groups -OCH3 is 1. The van der Waals surface area contributed by atoms with Gasteiger partial charge in [0, 0.05) is 23.2 Å². The van der Waals surface area contributed by atoms with E-state index in [9.17, 15) is 0 Å². The Morgan fingerprint density at radius 2 is 1.95 bits per heavy atom. The fraction of sp³-hybridized carbons (Fsp3) is 0.625. The molecule has 1 aliphatic rings. The van der Waals surface area contributed by atoms with E-state index in [-0.39, 0.29) is 6.10 Å². The lowest BCUT2D eigenvalue weighted by molar-refractivity contribution is 0.130. The van der Waals surface area contributed by atoms with E-state index in [2.05, 4.69) is 12.2 Å². The predicted molar refractivity (Wildman–Crippen MR) is 82.8 cm³/mol. The molecule has 0 saturated heterocycles. The van der Waals surface area contributed by atoms with Gasteiger partial charge in [-0.15, -0.1) is 0 Å². The van der Waals surface area contributed by atoms with E-state index in [4.69, 9.17) is 21.1 Å². The number of hydrogen-bond donors (Lipinski definition) is 1. The summed E-state index contributed by atoms with van der Waals surface area (Å²) in [6, 6.07) is 3.77. The van der Waals surface area contributed by atoms with Crippen LogP contribution in [0.3, 0.4) is 0 Å². The first-order valence-corrected chi connectivity index (χ1v) is 7.69. The second-order valence-electron chi connectivity index (χ2n) is 5.63. The van der Waals surface area contributed by atoms with Crippen LogP contribution in [0.4, 0.5) is 0 Å². The number of nitrogens with one attached hydrogen (secondary N) is 1. The normalized spacial score (nSPS) is 22.6. The second kappa shape index (κ2) is 7.19. The Hall–Kier alpha value is -0.930. The van der Waals surface area contributed by atoms with Crippen LogP contribution in [-0.2, 0) is 6.54 Å². The largest absolute Gasteiger partial charge is 0.493 e. The van der Waals surface area contributed by atoms with Crippen molar-refractivity contribution in [2.45, 2.75) is 45.3 Å². The van der Waals surface area contributed by atoms with Crippen molar-refractivity contribution in [3.8, 4) is 11.5 Å². The predicted octanol–water partition coefficient (Wildman–Crippen LogP) is 4.03. The summed E-state index contributed by atoms with van der Waals surface area (Å²) in [5.41, 5.74) is 1.05. The molecular weight excluding hydrogens is 274 g/mol. The Balaban J connectivity index is 2.19. The van der Waals surface area contributed by atoms with Gasteiger partial charge in [0.15, 0.2) is 11.5 Å². The molecule has 0 radical (unpaired) electrons. The molecule has 1 aliphatic carbocycles. The molecule has 0 bridgehead atoms. The van der Waals surface area contributed by atoms with Gasteiger partial charge in [-0.25, -0.2) is 0 Å². The van der Waals surface area contributed by atoms with Crippen molar-refractivity contribution in [1.82, 2.24) is 5.32 Å². The molecule has 3 nitrogen and oxygen atoms in total. The minimum Gasteiger partial charge on any atom is -0.493 e. The molecule has 0 atom stereocenters. The van der Waals surface area contributed by atoms with Gasteiger partial charge >= 0.3 is 0 Å². The first kappa shape index (κ1) is 15.5. The average Bonchev–Trinajstić information content (AvgIpc) is 2.44. The molecule has 1 saturated carbocycles. The maximum Gasteiger partial charge on any atom is 0.166 e. The van der Waals surface area contributed by atoms with Gasteiger partial charge in [0.25, 0.3) is 0 Å². The van der Waals surface area contributed by atoms with E-state index in [1.807, 2.05) is 19.2 Å². The first-order valence-electron chi connectivity index (χ1n) is 7.31. The highest BCUT2D eigenvalue weighted by Crippen LogP contribution is 2.37. The van der Waals surface area contributed by atoms with E-state index >= 15 is 0 Å². The highest BCUT2D eigenvalue weighted by Gasteiger charge is 2.22. The van der Waals surface area contributed by atoms with Crippen molar-refractivity contribution in [3.05, 3.63) is 22.7 Å². The molecular formula is C16H24ClNO2. The Morgan fingerprint density at radius 3 is 2.55 bits per heavy atom. The Morgan fingerprint density at radius 1 is 1.25 bits per heavy atom. The number of rotatable bonds is 5. The van der Waals surface area contributed by atoms with Gasteiger partial charge in [0.1, 0.15) is 0 Å². The number of ether oxygens (including phenoxy) is 2. The van der Waals surface area contributed by atoms with Crippen molar-refractivity contribution >= 4 is 11.6 Å². The summed E-state index contributed by atoms with van der Waals surface area (Å²) in [5, 5.41) is 3.83. The zero-order valence-electron chi connectivity index (χ0n) is 12.5. The summed E-state index contributed by atoms with van der Waals surface area (Å²) in [6.07, 6.45) is 5.00. The number of hydrogen-bond acceptors (Lipinski definition) is 3. The molecule has 0 spiro atoms. The first-order chi connectivity index (χ1) is 9.63. The molecule has 0 aromatic heterocycles. The lowest BCUT2D eigenvalue weighted by atomic mass is 9.89. The minimum atomic E-state index is 0.289. The van der Waals surface area contributed by atoms with Crippen LogP contribution in [0, 0.1) is 5.92 Å². The van der Waals surface area contributed by atoms with Crippen molar-refractivity contribution in [2.24, 2.45) is 5.92 Å². The van der Waals surface area contributed by atoms with Crippen LogP contribution in [0.25, 0.3) is 0 Å². The van der Waals surface area contributed by atoms with Gasteiger partial charge in [-0.05, 0) is 44.7 Å². The SMILES string of the molecule is CNCc1cc(Cl)cc(OC)c1OC1CCC(C)CC1. The molecule has 0 amide bonds. The van der Waals surface area contributed by atoms with Gasteiger partial charge in [-0.1, -0.05) is 18.5 Å². The van der Waals surface area contributed by atoms with E-state index in [0.29, 0.717) is 5.02 Å². The maximum absolute atomic E-state index is 6.24. The van der Waals surface area contributed by atoms with Gasteiger partial charge in [0.05, 0.1) is 13.2 Å². The fourth-order valence-electron chi connectivity index (χ4n) is 2.74. The van der Waals surface area contributed by atoms with Gasteiger partial charge in [-0.2, -0.15) is 0 Å². The van der Waals surface area contributed by atoms with Crippen LogP contribution in [-0.4, -0.2) is 20.3 Å².